The summed E-state index contributed by atoms with van der Waals surface area (Å²) in [6.07, 6.45) is 4.60. The van der Waals surface area contributed by atoms with Gasteiger partial charge in [-0.05, 0) is 30.0 Å². The van der Waals surface area contributed by atoms with Crippen molar-refractivity contribution in [3.8, 4) is 16.9 Å². The zero-order valence-electron chi connectivity index (χ0n) is 14.0. The lowest BCUT2D eigenvalue weighted by molar-refractivity contribution is -0.117. The first kappa shape index (κ1) is 17.3. The van der Waals surface area contributed by atoms with Crippen LogP contribution in [-0.4, -0.2) is 35.8 Å². The summed E-state index contributed by atoms with van der Waals surface area (Å²) in [6, 6.07) is 4.64. The Bertz CT molecular complexity index is 905. The van der Waals surface area contributed by atoms with Crippen molar-refractivity contribution in [2.75, 3.05) is 10.8 Å². The molecule has 0 unspecified atom stereocenters. The van der Waals surface area contributed by atoms with Crippen LogP contribution in [0.4, 0.5) is 5.69 Å². The van der Waals surface area contributed by atoms with Gasteiger partial charge in [-0.15, -0.1) is 0 Å². The molecule has 0 atom stereocenters. The number of rotatable bonds is 5. The van der Waals surface area contributed by atoms with Gasteiger partial charge in [0.2, 0.25) is 0 Å². The number of hydrogen-bond acceptors (Lipinski definition) is 5. The van der Waals surface area contributed by atoms with Crippen molar-refractivity contribution >= 4 is 21.8 Å². The van der Waals surface area contributed by atoms with E-state index in [-0.39, 0.29) is 18.0 Å². The summed E-state index contributed by atoms with van der Waals surface area (Å²) in [7, 11) is -3.94. The number of carbonyl (C=O) groups is 1. The SMILES string of the molecule is CC(C)CCn1cc(-c2ccc(N3CC(=O)NS3(=O)=O)c(O)c2)cn1. The number of benzene rings is 1. The van der Waals surface area contributed by atoms with Crippen LogP contribution in [0.2, 0.25) is 0 Å². The predicted octanol–water partition coefficient (Wildman–Crippen LogP) is 1.48. The van der Waals surface area contributed by atoms with E-state index in [0.29, 0.717) is 11.5 Å². The average Bonchev–Trinajstić information content (AvgIpc) is 3.09. The molecule has 2 N–H and O–H groups in total. The molecule has 2 aromatic rings. The van der Waals surface area contributed by atoms with Crippen molar-refractivity contribution < 1.29 is 18.3 Å². The Morgan fingerprint density at radius 1 is 1.32 bits per heavy atom. The monoisotopic (exact) mass is 364 g/mol. The molecule has 1 aliphatic heterocycles. The molecule has 0 bridgehead atoms. The Morgan fingerprint density at radius 3 is 2.68 bits per heavy atom. The average molecular weight is 364 g/mol. The second kappa shape index (κ2) is 6.40. The fourth-order valence-corrected chi connectivity index (χ4v) is 3.76. The molecule has 1 aliphatic rings. The number of aromatic hydroxyl groups is 1. The summed E-state index contributed by atoms with van der Waals surface area (Å²) in [4.78, 5) is 11.3. The molecule has 25 heavy (non-hydrogen) atoms. The molecule has 1 saturated heterocycles. The molecule has 1 aromatic heterocycles. The Balaban J connectivity index is 1.84. The Morgan fingerprint density at radius 2 is 2.08 bits per heavy atom. The van der Waals surface area contributed by atoms with Crippen LogP contribution in [0.25, 0.3) is 11.1 Å². The topological polar surface area (TPSA) is 105 Å². The molecule has 0 saturated carbocycles. The normalized spacial score (nSPS) is 16.4. The van der Waals surface area contributed by atoms with Gasteiger partial charge >= 0.3 is 10.2 Å². The number of carbonyl (C=O) groups excluding carboxylic acids is 1. The molecule has 1 aromatic carbocycles. The molecule has 1 amide bonds. The van der Waals surface area contributed by atoms with E-state index in [9.17, 15) is 18.3 Å². The van der Waals surface area contributed by atoms with Crippen LogP contribution in [0.3, 0.4) is 0 Å². The third-order valence-electron chi connectivity index (χ3n) is 3.97. The third-order valence-corrected chi connectivity index (χ3v) is 5.36. The molecule has 9 heteroatoms. The summed E-state index contributed by atoms with van der Waals surface area (Å²) >= 11 is 0. The van der Waals surface area contributed by atoms with Gasteiger partial charge in [0.05, 0.1) is 11.9 Å². The molecular formula is C16H20N4O4S. The highest BCUT2D eigenvalue weighted by atomic mass is 32.2. The molecule has 0 spiro atoms. The maximum Gasteiger partial charge on any atom is 0.326 e. The van der Waals surface area contributed by atoms with E-state index in [4.69, 9.17) is 0 Å². The largest absolute Gasteiger partial charge is 0.506 e. The van der Waals surface area contributed by atoms with E-state index in [1.165, 1.54) is 12.1 Å². The van der Waals surface area contributed by atoms with Gasteiger partial charge < -0.3 is 5.11 Å². The molecule has 2 heterocycles. The van der Waals surface area contributed by atoms with Crippen LogP contribution in [0.5, 0.6) is 5.75 Å². The number of phenols is 1. The van der Waals surface area contributed by atoms with Gasteiger partial charge in [-0.3, -0.25) is 9.48 Å². The van der Waals surface area contributed by atoms with Crippen LogP contribution in [0.1, 0.15) is 20.3 Å². The lowest BCUT2D eigenvalue weighted by Gasteiger charge is -2.16. The lowest BCUT2D eigenvalue weighted by atomic mass is 10.1. The zero-order valence-corrected chi connectivity index (χ0v) is 14.8. The first-order chi connectivity index (χ1) is 11.8. The van der Waals surface area contributed by atoms with E-state index in [1.54, 1.807) is 12.3 Å². The maximum atomic E-state index is 11.9. The minimum Gasteiger partial charge on any atom is -0.506 e. The minimum absolute atomic E-state index is 0.0642. The van der Waals surface area contributed by atoms with Crippen molar-refractivity contribution in [1.82, 2.24) is 14.5 Å². The van der Waals surface area contributed by atoms with Gasteiger partial charge in [0, 0.05) is 18.3 Å². The first-order valence-corrected chi connectivity index (χ1v) is 9.39. The van der Waals surface area contributed by atoms with Gasteiger partial charge in [-0.1, -0.05) is 19.9 Å². The van der Waals surface area contributed by atoms with Crippen molar-refractivity contribution in [3.05, 3.63) is 30.6 Å². The number of nitrogens with zero attached hydrogens (tertiary/aromatic N) is 3. The Hall–Kier alpha value is -2.55. The fraction of sp³-hybridized carbons (Fsp3) is 0.375. The van der Waals surface area contributed by atoms with Crippen LogP contribution in [0.15, 0.2) is 30.6 Å². The number of nitrogens with one attached hydrogen (secondary N) is 1. The second-order valence-corrected chi connectivity index (χ2v) is 8.01. The lowest BCUT2D eigenvalue weighted by Crippen LogP contribution is -2.29. The highest BCUT2D eigenvalue weighted by Gasteiger charge is 2.35. The third kappa shape index (κ3) is 3.60. The van der Waals surface area contributed by atoms with Crippen molar-refractivity contribution in [2.24, 2.45) is 5.92 Å². The molecule has 1 fully saturated rings. The summed E-state index contributed by atoms with van der Waals surface area (Å²) < 4.78 is 28.3. The molecular weight excluding hydrogens is 344 g/mol. The number of aryl methyl sites for hydroxylation is 1. The minimum atomic E-state index is -3.94. The van der Waals surface area contributed by atoms with E-state index in [2.05, 4.69) is 18.9 Å². The second-order valence-electron chi connectivity index (χ2n) is 6.42. The molecule has 0 aliphatic carbocycles. The number of anilines is 1. The van der Waals surface area contributed by atoms with Crippen LogP contribution in [-0.2, 0) is 21.5 Å². The fourth-order valence-electron chi connectivity index (χ4n) is 2.60. The van der Waals surface area contributed by atoms with Crippen LogP contribution < -0.4 is 9.03 Å². The quantitative estimate of drug-likeness (QED) is 0.836. The van der Waals surface area contributed by atoms with Gasteiger partial charge in [0.25, 0.3) is 5.91 Å². The van der Waals surface area contributed by atoms with Gasteiger partial charge in [-0.2, -0.15) is 13.5 Å². The van der Waals surface area contributed by atoms with Crippen molar-refractivity contribution in [3.63, 3.8) is 0 Å². The molecule has 0 radical (unpaired) electrons. The van der Waals surface area contributed by atoms with E-state index in [0.717, 1.165) is 22.8 Å². The van der Waals surface area contributed by atoms with Crippen molar-refractivity contribution in [2.45, 2.75) is 26.8 Å². The van der Waals surface area contributed by atoms with E-state index < -0.39 is 16.1 Å². The smallest absolute Gasteiger partial charge is 0.326 e. The standard InChI is InChI=1S/C16H20N4O4S/c1-11(2)5-6-19-9-13(8-17-19)12-3-4-14(15(21)7-12)20-10-16(22)18-25(20,23)24/h3-4,7-9,11,21H,5-6,10H2,1-2H3,(H,18,22). The van der Waals surface area contributed by atoms with Gasteiger partial charge in [0.15, 0.2) is 0 Å². The van der Waals surface area contributed by atoms with E-state index >= 15 is 0 Å². The Labute approximate surface area is 146 Å². The molecule has 134 valence electrons. The highest BCUT2D eigenvalue weighted by Crippen LogP contribution is 2.34. The van der Waals surface area contributed by atoms with Crippen LogP contribution in [0, 0.1) is 5.92 Å². The zero-order chi connectivity index (χ0) is 18.2. The van der Waals surface area contributed by atoms with Crippen molar-refractivity contribution in [1.29, 1.82) is 0 Å². The Kier molecular flexibility index (Phi) is 4.42. The number of amides is 1. The van der Waals surface area contributed by atoms with Crippen LogP contribution >= 0.6 is 0 Å². The predicted molar refractivity (Wildman–Crippen MR) is 93.2 cm³/mol. The summed E-state index contributed by atoms with van der Waals surface area (Å²) in [5.74, 6) is -0.267. The van der Waals surface area contributed by atoms with Gasteiger partial charge in [0.1, 0.15) is 12.3 Å². The number of phenolic OH excluding ortho intramolecular Hbond substituents is 1. The molecule has 8 nitrogen and oxygen atoms in total. The first-order valence-electron chi connectivity index (χ1n) is 7.95. The summed E-state index contributed by atoms with van der Waals surface area (Å²) in [6.45, 7) is 4.75. The summed E-state index contributed by atoms with van der Waals surface area (Å²) in [5, 5.41) is 14.5. The summed E-state index contributed by atoms with van der Waals surface area (Å²) in [5.41, 5.74) is 1.60. The number of aromatic nitrogens is 2. The molecule has 3 rings (SSSR count). The number of hydrogen-bond donors (Lipinski definition) is 2. The van der Waals surface area contributed by atoms with E-state index in [1.807, 2.05) is 15.6 Å². The highest BCUT2D eigenvalue weighted by molar-refractivity contribution is 7.92. The van der Waals surface area contributed by atoms with Gasteiger partial charge in [-0.25, -0.2) is 9.03 Å². The maximum absolute atomic E-state index is 11.9.